The van der Waals surface area contributed by atoms with Crippen LogP contribution in [0, 0.1) is 11.8 Å². The Morgan fingerprint density at radius 2 is 2.31 bits per heavy atom. The third-order valence-corrected chi connectivity index (χ3v) is 2.60. The third kappa shape index (κ3) is 2.14. The maximum absolute atomic E-state index is 5.63. The summed E-state index contributed by atoms with van der Waals surface area (Å²) in [6.45, 7) is 3.10. The molecule has 0 saturated heterocycles. The van der Waals surface area contributed by atoms with Crippen LogP contribution in [-0.2, 0) is 0 Å². The second-order valence-corrected chi connectivity index (χ2v) is 3.86. The highest BCUT2D eigenvalue weighted by atomic mass is 16.5. The number of nitrogens with two attached hydrogens (primary N) is 1. The van der Waals surface area contributed by atoms with Crippen LogP contribution >= 0.6 is 0 Å². The van der Waals surface area contributed by atoms with Crippen molar-refractivity contribution in [3.8, 4) is 5.75 Å². The minimum atomic E-state index is 0.765. The summed E-state index contributed by atoms with van der Waals surface area (Å²) in [5.74, 6) is 2.50. The molecule has 2 heteroatoms. The zero-order chi connectivity index (χ0) is 9.26. The fraction of sp³-hybridized carbons (Fsp3) is 0.455. The molecule has 0 heterocycles. The van der Waals surface area contributed by atoms with Crippen molar-refractivity contribution in [2.45, 2.75) is 13.3 Å². The fourth-order valence-corrected chi connectivity index (χ4v) is 1.44. The van der Waals surface area contributed by atoms with Gasteiger partial charge in [-0.25, -0.2) is 0 Å². The molecule has 2 N–H and O–H groups in total. The molecule has 0 unspecified atom stereocenters. The molecule has 0 amide bonds. The van der Waals surface area contributed by atoms with Crippen molar-refractivity contribution in [3.05, 3.63) is 24.3 Å². The van der Waals surface area contributed by atoms with Crippen LogP contribution in [-0.4, -0.2) is 6.61 Å². The summed E-state index contributed by atoms with van der Waals surface area (Å²) < 4.78 is 5.60. The topological polar surface area (TPSA) is 35.2 Å². The van der Waals surface area contributed by atoms with Gasteiger partial charge in [0, 0.05) is 11.8 Å². The van der Waals surface area contributed by atoms with Crippen LogP contribution in [0.1, 0.15) is 13.3 Å². The molecule has 1 aliphatic rings. The Morgan fingerprint density at radius 3 is 2.92 bits per heavy atom. The summed E-state index contributed by atoms with van der Waals surface area (Å²) in [4.78, 5) is 0. The second kappa shape index (κ2) is 3.29. The summed E-state index contributed by atoms with van der Waals surface area (Å²) in [5.41, 5.74) is 6.39. The molecule has 1 aromatic rings. The molecule has 0 bridgehead atoms. The summed E-state index contributed by atoms with van der Waals surface area (Å²) in [5, 5.41) is 0. The van der Waals surface area contributed by atoms with Gasteiger partial charge in [-0.15, -0.1) is 0 Å². The van der Waals surface area contributed by atoms with Gasteiger partial charge >= 0.3 is 0 Å². The van der Waals surface area contributed by atoms with E-state index in [1.165, 1.54) is 6.42 Å². The molecule has 1 aliphatic carbocycles. The number of ether oxygens (including phenoxy) is 1. The molecular weight excluding hydrogens is 162 g/mol. The quantitative estimate of drug-likeness (QED) is 0.719. The van der Waals surface area contributed by atoms with E-state index in [2.05, 4.69) is 6.92 Å². The average Bonchev–Trinajstić information content (AvgIpc) is 2.79. The Bertz CT molecular complexity index is 298. The first-order valence-electron chi connectivity index (χ1n) is 4.74. The monoisotopic (exact) mass is 177 g/mol. The highest BCUT2D eigenvalue weighted by Gasteiger charge is 2.32. The van der Waals surface area contributed by atoms with Gasteiger partial charge in [0.25, 0.3) is 0 Å². The van der Waals surface area contributed by atoms with Crippen LogP contribution < -0.4 is 10.5 Å². The van der Waals surface area contributed by atoms with E-state index < -0.39 is 0 Å². The van der Waals surface area contributed by atoms with Crippen molar-refractivity contribution < 1.29 is 4.74 Å². The summed E-state index contributed by atoms with van der Waals surface area (Å²) >= 11 is 0. The largest absolute Gasteiger partial charge is 0.493 e. The summed E-state index contributed by atoms with van der Waals surface area (Å²) in [6, 6.07) is 7.60. The molecule has 13 heavy (non-hydrogen) atoms. The van der Waals surface area contributed by atoms with Crippen LogP contribution in [0.4, 0.5) is 5.69 Å². The van der Waals surface area contributed by atoms with Crippen molar-refractivity contribution >= 4 is 5.69 Å². The van der Waals surface area contributed by atoms with Gasteiger partial charge < -0.3 is 10.5 Å². The zero-order valence-corrected chi connectivity index (χ0v) is 7.86. The minimum absolute atomic E-state index is 0.765. The highest BCUT2D eigenvalue weighted by molar-refractivity contribution is 5.43. The van der Waals surface area contributed by atoms with Crippen LogP contribution in [0.2, 0.25) is 0 Å². The molecule has 0 aliphatic heterocycles. The minimum Gasteiger partial charge on any atom is -0.493 e. The number of hydrogen-bond acceptors (Lipinski definition) is 2. The van der Waals surface area contributed by atoms with Gasteiger partial charge in [0.1, 0.15) is 5.75 Å². The van der Waals surface area contributed by atoms with Gasteiger partial charge in [-0.05, 0) is 30.4 Å². The predicted molar refractivity (Wildman–Crippen MR) is 53.6 cm³/mol. The lowest BCUT2D eigenvalue weighted by atomic mass is 10.3. The van der Waals surface area contributed by atoms with E-state index in [-0.39, 0.29) is 0 Å². The smallest absolute Gasteiger partial charge is 0.121 e. The number of nitrogen functional groups attached to an aromatic ring is 1. The molecule has 1 fully saturated rings. The maximum Gasteiger partial charge on any atom is 0.121 e. The Hall–Kier alpha value is -1.18. The van der Waals surface area contributed by atoms with E-state index in [9.17, 15) is 0 Å². The van der Waals surface area contributed by atoms with Crippen LogP contribution in [0.5, 0.6) is 5.75 Å². The molecule has 2 nitrogen and oxygen atoms in total. The molecule has 1 saturated carbocycles. The molecule has 1 aromatic carbocycles. The van der Waals surface area contributed by atoms with Crippen molar-refractivity contribution in [3.63, 3.8) is 0 Å². The Morgan fingerprint density at radius 1 is 1.54 bits per heavy atom. The number of anilines is 1. The maximum atomic E-state index is 5.63. The van der Waals surface area contributed by atoms with Crippen LogP contribution in [0.15, 0.2) is 24.3 Å². The first-order valence-corrected chi connectivity index (χ1v) is 4.74. The van der Waals surface area contributed by atoms with Crippen molar-refractivity contribution in [1.29, 1.82) is 0 Å². The van der Waals surface area contributed by atoms with E-state index in [0.29, 0.717) is 0 Å². The SMILES string of the molecule is C[C@@H]1C[C@@H]1COc1cccc(N)c1. The van der Waals surface area contributed by atoms with E-state index in [0.717, 1.165) is 29.9 Å². The Balaban J connectivity index is 1.87. The molecule has 2 atom stereocenters. The lowest BCUT2D eigenvalue weighted by molar-refractivity contribution is 0.293. The van der Waals surface area contributed by atoms with E-state index in [1.54, 1.807) is 0 Å². The zero-order valence-electron chi connectivity index (χ0n) is 7.86. The normalized spacial score (nSPS) is 25.6. The highest BCUT2D eigenvalue weighted by Crippen LogP contribution is 2.37. The number of benzene rings is 1. The average molecular weight is 177 g/mol. The standard InChI is InChI=1S/C11H15NO/c1-8-5-9(8)7-13-11-4-2-3-10(12)6-11/h2-4,6,8-9H,5,7,12H2,1H3/t8-,9-/m1/s1. The predicted octanol–water partition coefficient (Wildman–Crippen LogP) is 2.30. The van der Waals surface area contributed by atoms with Crippen molar-refractivity contribution in [2.75, 3.05) is 12.3 Å². The lowest BCUT2D eigenvalue weighted by Crippen LogP contribution is -2.00. The Kier molecular flexibility index (Phi) is 2.13. The van der Waals surface area contributed by atoms with Crippen molar-refractivity contribution in [2.24, 2.45) is 11.8 Å². The number of rotatable bonds is 3. The fourth-order valence-electron chi connectivity index (χ4n) is 1.44. The van der Waals surface area contributed by atoms with Gasteiger partial charge in [0.15, 0.2) is 0 Å². The van der Waals surface area contributed by atoms with Crippen LogP contribution in [0.3, 0.4) is 0 Å². The van der Waals surface area contributed by atoms with Gasteiger partial charge in [0.05, 0.1) is 6.61 Å². The summed E-state index contributed by atoms with van der Waals surface area (Å²) in [7, 11) is 0. The lowest BCUT2D eigenvalue weighted by Gasteiger charge is -2.05. The molecular formula is C11H15NO. The van der Waals surface area contributed by atoms with Crippen LogP contribution in [0.25, 0.3) is 0 Å². The van der Waals surface area contributed by atoms with E-state index in [1.807, 2.05) is 24.3 Å². The summed E-state index contributed by atoms with van der Waals surface area (Å²) in [6.07, 6.45) is 1.31. The first-order chi connectivity index (χ1) is 6.25. The van der Waals surface area contributed by atoms with Gasteiger partial charge in [0.2, 0.25) is 0 Å². The number of hydrogen-bond donors (Lipinski definition) is 1. The third-order valence-electron chi connectivity index (χ3n) is 2.60. The first kappa shape index (κ1) is 8.42. The Labute approximate surface area is 78.7 Å². The second-order valence-electron chi connectivity index (χ2n) is 3.86. The van der Waals surface area contributed by atoms with E-state index >= 15 is 0 Å². The van der Waals surface area contributed by atoms with Gasteiger partial charge in [-0.3, -0.25) is 0 Å². The molecule has 0 radical (unpaired) electrons. The van der Waals surface area contributed by atoms with E-state index in [4.69, 9.17) is 10.5 Å². The molecule has 0 aromatic heterocycles. The molecule has 0 spiro atoms. The molecule has 70 valence electrons. The molecule has 2 rings (SSSR count). The van der Waals surface area contributed by atoms with Gasteiger partial charge in [-0.1, -0.05) is 13.0 Å². The van der Waals surface area contributed by atoms with Crippen molar-refractivity contribution in [1.82, 2.24) is 0 Å². The van der Waals surface area contributed by atoms with Gasteiger partial charge in [-0.2, -0.15) is 0 Å².